The molecular weight excluding hydrogens is 291 g/mol. The fourth-order valence-corrected chi connectivity index (χ4v) is 2.78. The molecule has 0 aromatic heterocycles. The third-order valence-electron chi connectivity index (χ3n) is 3.84. The Morgan fingerprint density at radius 3 is 2.76 bits per heavy atom. The van der Waals surface area contributed by atoms with Crippen LogP contribution in [0.5, 0.6) is 0 Å². The van der Waals surface area contributed by atoms with E-state index in [0.29, 0.717) is 17.0 Å². The van der Waals surface area contributed by atoms with Crippen LogP contribution in [0.4, 0.5) is 10.1 Å². The average Bonchev–Trinajstić information content (AvgIpc) is 2.73. The molecule has 2 N–H and O–H groups in total. The first kappa shape index (κ1) is 14.0. The number of likely N-dealkylation sites (N-methyl/N-ethyl adjacent to an activating group) is 1. The van der Waals surface area contributed by atoms with Gasteiger partial charge in [-0.25, -0.2) is 4.39 Å². The molecule has 108 valence electrons. The van der Waals surface area contributed by atoms with Crippen molar-refractivity contribution in [2.45, 2.75) is 12.5 Å². The van der Waals surface area contributed by atoms with E-state index in [0.717, 1.165) is 16.8 Å². The van der Waals surface area contributed by atoms with Gasteiger partial charge in [0.2, 0.25) is 5.91 Å². The number of hydrogen-bond acceptors (Lipinski definition) is 2. The van der Waals surface area contributed by atoms with Gasteiger partial charge in [-0.2, -0.15) is 0 Å². The Labute approximate surface area is 127 Å². The first-order chi connectivity index (χ1) is 9.97. The number of carbonyl (C=O) groups is 1. The molecule has 3 nitrogen and oxygen atoms in total. The normalized spacial score (nSPS) is 15.2. The molecule has 0 fully saturated rings. The fourth-order valence-electron chi connectivity index (χ4n) is 2.62. The zero-order chi connectivity index (χ0) is 15.1. The van der Waals surface area contributed by atoms with Crippen LogP contribution in [0.3, 0.4) is 0 Å². The van der Waals surface area contributed by atoms with Crippen molar-refractivity contribution in [3.63, 3.8) is 0 Å². The molecule has 1 aliphatic heterocycles. The molecule has 1 unspecified atom stereocenters. The summed E-state index contributed by atoms with van der Waals surface area (Å²) in [6.07, 6.45) is 0.357. The summed E-state index contributed by atoms with van der Waals surface area (Å²) in [6.45, 7) is 0. The lowest BCUT2D eigenvalue weighted by atomic mass is 9.97. The van der Waals surface area contributed by atoms with Crippen molar-refractivity contribution >= 4 is 23.2 Å². The third kappa shape index (κ3) is 2.41. The molecule has 1 aliphatic rings. The highest BCUT2D eigenvalue weighted by atomic mass is 35.5. The highest BCUT2D eigenvalue weighted by molar-refractivity contribution is 6.30. The highest BCUT2D eigenvalue weighted by Crippen LogP contribution is 2.32. The summed E-state index contributed by atoms with van der Waals surface area (Å²) >= 11 is 5.75. The molecule has 1 atom stereocenters. The standard InChI is InChI=1S/C16H14ClFN2O/c1-20-14-5-2-9(6-10(14)7-15(20)21)16(19)12-4-3-11(17)8-13(12)18/h2-6,8,16H,7,19H2,1H3. The Balaban J connectivity index is 1.98. The van der Waals surface area contributed by atoms with Crippen molar-refractivity contribution in [1.29, 1.82) is 0 Å². The number of nitrogens with two attached hydrogens (primary N) is 1. The Morgan fingerprint density at radius 2 is 2.05 bits per heavy atom. The Kier molecular flexibility index (Phi) is 3.43. The van der Waals surface area contributed by atoms with Crippen molar-refractivity contribution in [2.24, 2.45) is 5.73 Å². The number of nitrogens with zero attached hydrogens (tertiary/aromatic N) is 1. The number of hydrogen-bond donors (Lipinski definition) is 1. The zero-order valence-corrected chi connectivity index (χ0v) is 12.2. The van der Waals surface area contributed by atoms with Gasteiger partial charge in [0.25, 0.3) is 0 Å². The lowest BCUT2D eigenvalue weighted by Gasteiger charge is -2.16. The number of halogens is 2. The van der Waals surface area contributed by atoms with E-state index >= 15 is 0 Å². The van der Waals surface area contributed by atoms with E-state index in [4.69, 9.17) is 17.3 Å². The van der Waals surface area contributed by atoms with Gasteiger partial charge in [-0.3, -0.25) is 4.79 Å². The van der Waals surface area contributed by atoms with Crippen LogP contribution in [-0.4, -0.2) is 13.0 Å². The molecule has 0 radical (unpaired) electrons. The molecular formula is C16H14ClFN2O. The van der Waals surface area contributed by atoms with Crippen molar-refractivity contribution in [2.75, 3.05) is 11.9 Å². The van der Waals surface area contributed by atoms with E-state index in [1.165, 1.54) is 6.07 Å². The fraction of sp³-hybridized carbons (Fsp3) is 0.188. The molecule has 0 bridgehead atoms. The van der Waals surface area contributed by atoms with Gasteiger partial charge in [-0.05, 0) is 29.3 Å². The Bertz CT molecular complexity index is 732. The second kappa shape index (κ2) is 5.13. The van der Waals surface area contributed by atoms with Crippen LogP contribution in [-0.2, 0) is 11.2 Å². The highest BCUT2D eigenvalue weighted by Gasteiger charge is 2.25. The largest absolute Gasteiger partial charge is 0.320 e. The van der Waals surface area contributed by atoms with Gasteiger partial charge in [0.05, 0.1) is 12.5 Å². The minimum Gasteiger partial charge on any atom is -0.320 e. The molecule has 21 heavy (non-hydrogen) atoms. The Morgan fingerprint density at radius 1 is 1.29 bits per heavy atom. The molecule has 3 rings (SSSR count). The number of rotatable bonds is 2. The van der Waals surface area contributed by atoms with E-state index in [9.17, 15) is 9.18 Å². The summed E-state index contributed by atoms with van der Waals surface area (Å²) in [7, 11) is 1.74. The predicted molar refractivity (Wildman–Crippen MR) is 81.0 cm³/mol. The summed E-state index contributed by atoms with van der Waals surface area (Å²) < 4.78 is 14.0. The molecule has 1 amide bonds. The maximum atomic E-state index is 14.0. The van der Waals surface area contributed by atoms with E-state index in [2.05, 4.69) is 0 Å². The van der Waals surface area contributed by atoms with Crippen molar-refractivity contribution in [3.05, 3.63) is 63.9 Å². The average molecular weight is 305 g/mol. The lowest BCUT2D eigenvalue weighted by molar-refractivity contribution is -0.117. The maximum absolute atomic E-state index is 14.0. The second-order valence-electron chi connectivity index (χ2n) is 5.16. The summed E-state index contributed by atoms with van der Waals surface area (Å²) in [5, 5.41) is 0.338. The number of fused-ring (bicyclic) bond motifs is 1. The molecule has 0 spiro atoms. The number of amides is 1. The van der Waals surface area contributed by atoms with Gasteiger partial charge < -0.3 is 10.6 Å². The monoisotopic (exact) mass is 304 g/mol. The lowest BCUT2D eigenvalue weighted by Crippen LogP contribution is -2.20. The first-order valence-corrected chi connectivity index (χ1v) is 6.95. The second-order valence-corrected chi connectivity index (χ2v) is 5.60. The van der Waals surface area contributed by atoms with Crippen LogP contribution in [0.15, 0.2) is 36.4 Å². The Hall–Kier alpha value is -1.91. The smallest absolute Gasteiger partial charge is 0.231 e. The van der Waals surface area contributed by atoms with Crippen molar-refractivity contribution in [3.8, 4) is 0 Å². The van der Waals surface area contributed by atoms with Crippen LogP contribution in [0.1, 0.15) is 22.7 Å². The SMILES string of the molecule is CN1C(=O)Cc2cc(C(N)c3ccc(Cl)cc3F)ccc21. The zero-order valence-electron chi connectivity index (χ0n) is 11.4. The molecule has 0 saturated heterocycles. The van der Waals surface area contributed by atoms with Crippen LogP contribution < -0.4 is 10.6 Å². The summed E-state index contributed by atoms with van der Waals surface area (Å²) in [4.78, 5) is 13.3. The van der Waals surface area contributed by atoms with Crippen molar-refractivity contribution < 1.29 is 9.18 Å². The summed E-state index contributed by atoms with van der Waals surface area (Å²) in [5.41, 5.74) is 9.11. The van der Waals surface area contributed by atoms with Crippen LogP contribution >= 0.6 is 11.6 Å². The quantitative estimate of drug-likeness (QED) is 0.927. The van der Waals surface area contributed by atoms with E-state index in [-0.39, 0.29) is 5.91 Å². The third-order valence-corrected chi connectivity index (χ3v) is 4.07. The molecule has 5 heteroatoms. The predicted octanol–water partition coefficient (Wildman–Crippen LogP) is 3.05. The van der Waals surface area contributed by atoms with Gasteiger partial charge in [0.15, 0.2) is 0 Å². The van der Waals surface area contributed by atoms with E-state index in [1.54, 1.807) is 24.1 Å². The van der Waals surface area contributed by atoms with E-state index < -0.39 is 11.9 Å². The minimum absolute atomic E-state index is 0.0494. The van der Waals surface area contributed by atoms with Gasteiger partial charge in [0.1, 0.15) is 5.82 Å². The molecule has 2 aromatic carbocycles. The topological polar surface area (TPSA) is 46.3 Å². The summed E-state index contributed by atoms with van der Waals surface area (Å²) in [6, 6.07) is 9.41. The van der Waals surface area contributed by atoms with Crippen LogP contribution in [0, 0.1) is 5.82 Å². The molecule has 2 aromatic rings. The first-order valence-electron chi connectivity index (χ1n) is 6.57. The minimum atomic E-state index is -0.589. The number of anilines is 1. The van der Waals surface area contributed by atoms with Crippen LogP contribution in [0.2, 0.25) is 5.02 Å². The molecule has 1 heterocycles. The molecule has 0 saturated carbocycles. The summed E-state index contributed by atoms with van der Waals surface area (Å²) in [5.74, 6) is -0.378. The number of carbonyl (C=O) groups excluding carboxylic acids is 1. The molecule has 0 aliphatic carbocycles. The maximum Gasteiger partial charge on any atom is 0.231 e. The number of benzene rings is 2. The van der Waals surface area contributed by atoms with Crippen LogP contribution in [0.25, 0.3) is 0 Å². The van der Waals surface area contributed by atoms with E-state index in [1.807, 2.05) is 18.2 Å². The van der Waals surface area contributed by atoms with Gasteiger partial charge in [-0.1, -0.05) is 29.8 Å². The van der Waals surface area contributed by atoms with Gasteiger partial charge >= 0.3 is 0 Å². The van der Waals surface area contributed by atoms with Gasteiger partial charge in [0, 0.05) is 23.3 Å². The van der Waals surface area contributed by atoms with Crippen molar-refractivity contribution in [1.82, 2.24) is 0 Å². The van der Waals surface area contributed by atoms with Gasteiger partial charge in [-0.15, -0.1) is 0 Å².